The lowest BCUT2D eigenvalue weighted by Crippen LogP contribution is -2.48. The van der Waals surface area contributed by atoms with Gasteiger partial charge in [0.25, 0.3) is 0 Å². The number of hydrogen-bond acceptors (Lipinski definition) is 10. The molecule has 266 valence electrons. The summed E-state index contributed by atoms with van der Waals surface area (Å²) in [5.74, 6) is -0.580. The molecule has 2 aliphatic heterocycles. The van der Waals surface area contributed by atoms with Crippen LogP contribution in [0.5, 0.6) is 11.5 Å². The van der Waals surface area contributed by atoms with Gasteiger partial charge in [0, 0.05) is 49.0 Å². The standard InChI is InChI=1S/C35H40ClN5O7S2/c1-20-19-49-32(37-20)25-15-28(24-11-12-27(47-3)30(36)31(24)38-25)48-22-14-26-33(43)40(2)13-7-5-4-6-8-21-16-35(21,17-29(42)41(26)18-22)34(44)39-50(45,46)23-9-10-23/h6,8,11-12,15,19,21-23,26H,4-5,7,9-10,13-14,16-18H2,1-3H3,(H,39,44)/b8-6-/t21-,22+,26+,35-/m1/s1. The molecule has 1 aromatic carbocycles. The molecule has 2 aliphatic carbocycles. The van der Waals surface area contributed by atoms with Crippen molar-refractivity contribution < 1.29 is 32.3 Å². The summed E-state index contributed by atoms with van der Waals surface area (Å²) in [6.45, 7) is 2.54. The average molecular weight is 742 g/mol. The van der Waals surface area contributed by atoms with Crippen molar-refractivity contribution in [2.75, 3.05) is 27.2 Å². The smallest absolute Gasteiger partial charge is 0.245 e. The van der Waals surface area contributed by atoms with Gasteiger partial charge in [-0.15, -0.1) is 11.3 Å². The molecule has 2 aromatic heterocycles. The summed E-state index contributed by atoms with van der Waals surface area (Å²) in [5.41, 5.74) is 0.682. The Morgan fingerprint density at radius 3 is 2.68 bits per heavy atom. The van der Waals surface area contributed by atoms with E-state index >= 15 is 0 Å². The van der Waals surface area contributed by atoms with Crippen molar-refractivity contribution in [3.63, 3.8) is 0 Å². The van der Waals surface area contributed by atoms with E-state index in [1.165, 1.54) is 23.3 Å². The van der Waals surface area contributed by atoms with E-state index < -0.39 is 38.7 Å². The van der Waals surface area contributed by atoms with Crippen molar-refractivity contribution in [1.29, 1.82) is 0 Å². The summed E-state index contributed by atoms with van der Waals surface area (Å²) in [7, 11) is -0.537. The molecule has 50 heavy (non-hydrogen) atoms. The van der Waals surface area contributed by atoms with Crippen LogP contribution in [0.4, 0.5) is 0 Å². The van der Waals surface area contributed by atoms with Gasteiger partial charge in [-0.3, -0.25) is 19.1 Å². The van der Waals surface area contributed by atoms with Crippen molar-refractivity contribution in [3.8, 4) is 22.2 Å². The summed E-state index contributed by atoms with van der Waals surface area (Å²) in [6.07, 6.45) is 7.15. The minimum absolute atomic E-state index is 0.0983. The largest absolute Gasteiger partial charge is 0.495 e. The number of nitrogens with one attached hydrogen (secondary N) is 1. The first-order valence-electron chi connectivity index (χ1n) is 16.9. The highest BCUT2D eigenvalue weighted by Crippen LogP contribution is 2.57. The second-order valence-corrected chi connectivity index (χ2v) is 17.0. The van der Waals surface area contributed by atoms with Crippen LogP contribution in [0.15, 0.2) is 35.7 Å². The van der Waals surface area contributed by atoms with Gasteiger partial charge in [-0.2, -0.15) is 0 Å². The Labute approximate surface area is 300 Å². The van der Waals surface area contributed by atoms with Crippen molar-refractivity contribution in [2.24, 2.45) is 11.3 Å². The number of ether oxygens (including phenoxy) is 2. The molecule has 0 radical (unpaired) electrons. The maximum Gasteiger partial charge on any atom is 0.245 e. The first-order chi connectivity index (χ1) is 23.9. The molecule has 0 unspecified atom stereocenters. The fraction of sp³-hybridized carbons (Fsp3) is 0.514. The molecule has 15 heteroatoms. The van der Waals surface area contributed by atoms with Crippen LogP contribution in [0.1, 0.15) is 57.1 Å². The monoisotopic (exact) mass is 741 g/mol. The lowest BCUT2D eigenvalue weighted by molar-refractivity contribution is -0.144. The van der Waals surface area contributed by atoms with E-state index in [0.29, 0.717) is 63.9 Å². The Morgan fingerprint density at radius 2 is 1.96 bits per heavy atom. The van der Waals surface area contributed by atoms with Crippen LogP contribution in [0.3, 0.4) is 0 Å². The average Bonchev–Trinajstić information content (AvgIpc) is 3.97. The molecular formula is C35H40ClN5O7S2. The number of thiazole rings is 1. The molecule has 1 N–H and O–H groups in total. The molecule has 0 bridgehead atoms. The maximum absolute atomic E-state index is 14.2. The quantitative estimate of drug-likeness (QED) is 0.335. The number of carbonyl (C=O) groups is 3. The molecule has 7 rings (SSSR count). The summed E-state index contributed by atoms with van der Waals surface area (Å²) in [4.78, 5) is 54.4. The van der Waals surface area contributed by atoms with Gasteiger partial charge >= 0.3 is 0 Å². The number of benzene rings is 1. The number of nitrogens with zero attached hydrogens (tertiary/aromatic N) is 4. The molecule has 4 aliphatic rings. The number of halogens is 1. The predicted octanol–water partition coefficient (Wildman–Crippen LogP) is 4.88. The van der Waals surface area contributed by atoms with Gasteiger partial charge in [-0.25, -0.2) is 18.4 Å². The van der Waals surface area contributed by atoms with Gasteiger partial charge in [0.05, 0.1) is 29.8 Å². The Bertz CT molecular complexity index is 2000. The molecule has 3 fully saturated rings. The van der Waals surface area contributed by atoms with Crippen molar-refractivity contribution in [1.82, 2.24) is 24.5 Å². The zero-order valence-corrected chi connectivity index (χ0v) is 30.6. The molecule has 4 atom stereocenters. The number of aryl methyl sites for hydroxylation is 1. The number of methoxy groups -OCH3 is 1. The van der Waals surface area contributed by atoms with Crippen LogP contribution < -0.4 is 14.2 Å². The van der Waals surface area contributed by atoms with Gasteiger partial charge in [0.1, 0.15) is 39.4 Å². The zero-order valence-electron chi connectivity index (χ0n) is 28.2. The number of pyridine rings is 1. The highest BCUT2D eigenvalue weighted by Gasteiger charge is 2.61. The van der Waals surface area contributed by atoms with Crippen LogP contribution in [-0.2, 0) is 24.4 Å². The number of carbonyl (C=O) groups excluding carboxylic acids is 3. The van der Waals surface area contributed by atoms with Crippen molar-refractivity contribution >= 4 is 61.6 Å². The van der Waals surface area contributed by atoms with E-state index in [0.717, 1.165) is 25.0 Å². The van der Waals surface area contributed by atoms with E-state index in [-0.39, 0.29) is 37.1 Å². The lowest BCUT2D eigenvalue weighted by atomic mass is 9.96. The van der Waals surface area contributed by atoms with Crippen molar-refractivity contribution in [2.45, 2.75) is 75.7 Å². The number of likely N-dealkylation sites (N-methyl/N-ethyl adjacent to an activating group) is 1. The van der Waals surface area contributed by atoms with E-state index in [9.17, 15) is 22.8 Å². The summed E-state index contributed by atoms with van der Waals surface area (Å²) >= 11 is 8.19. The lowest BCUT2D eigenvalue weighted by Gasteiger charge is -2.29. The third-order valence-corrected chi connectivity index (χ3v) is 13.3. The number of hydrogen-bond donors (Lipinski definition) is 1. The van der Waals surface area contributed by atoms with Crippen LogP contribution in [-0.4, -0.2) is 90.5 Å². The molecule has 12 nitrogen and oxygen atoms in total. The number of amides is 3. The summed E-state index contributed by atoms with van der Waals surface area (Å²) in [5, 5.41) is 3.00. The first-order valence-corrected chi connectivity index (χ1v) is 19.7. The minimum Gasteiger partial charge on any atom is -0.495 e. The third-order valence-electron chi connectivity index (χ3n) is 10.2. The number of sulfonamides is 1. The van der Waals surface area contributed by atoms with Gasteiger partial charge < -0.3 is 19.3 Å². The molecule has 3 amide bonds. The predicted molar refractivity (Wildman–Crippen MR) is 190 cm³/mol. The van der Waals surface area contributed by atoms with E-state index in [2.05, 4.69) is 9.71 Å². The molecule has 1 saturated heterocycles. The Balaban J connectivity index is 1.21. The number of aromatic nitrogens is 2. The molecule has 3 aromatic rings. The maximum atomic E-state index is 14.2. The fourth-order valence-electron chi connectivity index (χ4n) is 7.05. The second kappa shape index (κ2) is 13.4. The first kappa shape index (κ1) is 34.7. The molecule has 4 heterocycles. The van der Waals surface area contributed by atoms with Crippen LogP contribution >= 0.6 is 22.9 Å². The number of allylic oxidation sites excluding steroid dienone is 2. The van der Waals surface area contributed by atoms with Gasteiger partial charge in [0.15, 0.2) is 0 Å². The van der Waals surface area contributed by atoms with Crippen LogP contribution in [0.2, 0.25) is 5.02 Å². The minimum atomic E-state index is -3.81. The summed E-state index contributed by atoms with van der Waals surface area (Å²) in [6, 6.07) is 4.53. The van der Waals surface area contributed by atoms with Gasteiger partial charge in [0.2, 0.25) is 27.7 Å². The Morgan fingerprint density at radius 1 is 1.16 bits per heavy atom. The Kier molecular flexibility index (Phi) is 9.31. The zero-order chi connectivity index (χ0) is 35.4. The second-order valence-electron chi connectivity index (χ2n) is 13.8. The molecule has 2 saturated carbocycles. The summed E-state index contributed by atoms with van der Waals surface area (Å²) < 4.78 is 39.9. The number of rotatable bonds is 7. The molecule has 0 spiro atoms. The Hall–Kier alpha value is -3.75. The topological polar surface area (TPSA) is 148 Å². The third kappa shape index (κ3) is 6.69. The van der Waals surface area contributed by atoms with Gasteiger partial charge in [-0.05, 0) is 63.5 Å². The van der Waals surface area contributed by atoms with E-state index in [4.69, 9.17) is 26.1 Å². The van der Waals surface area contributed by atoms with Crippen molar-refractivity contribution in [3.05, 3.63) is 46.4 Å². The van der Waals surface area contributed by atoms with Crippen LogP contribution in [0.25, 0.3) is 21.6 Å². The number of fused-ring (bicyclic) bond motifs is 3. The van der Waals surface area contributed by atoms with E-state index in [1.807, 2.05) is 30.5 Å². The fourth-order valence-corrected chi connectivity index (χ4v) is 9.47. The van der Waals surface area contributed by atoms with Gasteiger partial charge in [-0.1, -0.05) is 23.8 Å². The highest BCUT2D eigenvalue weighted by molar-refractivity contribution is 7.90. The SMILES string of the molecule is COc1ccc2c(O[C@H]3C[C@H]4C(=O)N(C)CCCC/C=C\[C@@H]5C[C@@]5(C(=O)NS(=O)(=O)C5CC5)CC(=O)N4C3)cc(-c3nc(C)cs3)nc2c1Cl. The highest BCUT2D eigenvalue weighted by atomic mass is 35.5. The molecular weight excluding hydrogens is 702 g/mol. The normalized spacial score (nSPS) is 26.6. The van der Waals surface area contributed by atoms with Crippen LogP contribution in [0, 0.1) is 18.3 Å². The van der Waals surface area contributed by atoms with E-state index in [1.54, 1.807) is 24.1 Å².